The van der Waals surface area contributed by atoms with E-state index in [1.165, 1.54) is 0 Å². The molecule has 2 fully saturated rings. The van der Waals surface area contributed by atoms with Crippen LogP contribution in [0.15, 0.2) is 0 Å². The van der Waals surface area contributed by atoms with Gasteiger partial charge in [0, 0.05) is 13.3 Å². The van der Waals surface area contributed by atoms with Crippen LogP contribution in [-0.4, -0.2) is 186 Å². The number of carboxylic acids is 1. The maximum Gasteiger partial charge on any atom is 1.00 e. The fourth-order valence-electron chi connectivity index (χ4n) is 4.58. The second-order valence-electron chi connectivity index (χ2n) is 10.2. The quantitative estimate of drug-likeness (QED) is 0.0575. The van der Waals surface area contributed by atoms with E-state index in [0.29, 0.717) is 0 Å². The van der Waals surface area contributed by atoms with Gasteiger partial charge in [-0.25, -0.2) is 0 Å². The second kappa shape index (κ2) is 17.8. The minimum Gasteiger partial charge on any atom is -0.544 e. The average molecular weight is 656 g/mol. The van der Waals surface area contributed by atoms with Crippen molar-refractivity contribution in [2.75, 3.05) is 19.8 Å². The maximum absolute atomic E-state index is 12.2. The molecule has 0 aromatic rings. The molecule has 0 aromatic carbocycles. The molecular weight excluding hydrogens is 617 g/mol. The Labute approximate surface area is 271 Å². The molecule has 1 amide bonds. The van der Waals surface area contributed by atoms with Gasteiger partial charge in [-0.3, -0.25) is 4.79 Å². The van der Waals surface area contributed by atoms with Crippen LogP contribution in [0.25, 0.3) is 0 Å². The largest absolute Gasteiger partial charge is 1.00 e. The van der Waals surface area contributed by atoms with Gasteiger partial charge in [0.2, 0.25) is 11.7 Å². The molecule has 0 spiro atoms. The number of aldehydes is 1. The van der Waals surface area contributed by atoms with Gasteiger partial charge in [-0.2, -0.15) is 0 Å². The molecule has 0 unspecified atom stereocenters. The van der Waals surface area contributed by atoms with E-state index in [1.807, 2.05) is 0 Å². The molecule has 0 aromatic heterocycles. The summed E-state index contributed by atoms with van der Waals surface area (Å²) < 4.78 is 21.2. The summed E-state index contributed by atoms with van der Waals surface area (Å²) in [5.74, 6) is -5.88. The van der Waals surface area contributed by atoms with Crippen molar-refractivity contribution in [3.63, 3.8) is 0 Å². The smallest absolute Gasteiger partial charge is 0.544 e. The Hall–Kier alpha value is -0.990. The summed E-state index contributed by atoms with van der Waals surface area (Å²) in [6.07, 6.45) is -27.5. The van der Waals surface area contributed by atoms with Gasteiger partial charge in [0.05, 0.1) is 32.0 Å². The summed E-state index contributed by atoms with van der Waals surface area (Å²) in [5, 5.41) is 125. The predicted octanol–water partition coefficient (Wildman–Crippen LogP) is -12.7. The van der Waals surface area contributed by atoms with E-state index >= 15 is 0 Å². The van der Waals surface area contributed by atoms with E-state index in [-0.39, 0.29) is 35.8 Å². The molecule has 12 N–H and O–H groups in total. The molecular formula is C23H38NNaO19. The van der Waals surface area contributed by atoms with E-state index in [2.05, 4.69) is 5.32 Å². The Morgan fingerprint density at radius 2 is 1.61 bits per heavy atom. The molecule has 15 atom stereocenters. The Bertz CT molecular complexity index is 934. The van der Waals surface area contributed by atoms with Gasteiger partial charge in [-0.1, -0.05) is 0 Å². The van der Waals surface area contributed by atoms with Crippen molar-refractivity contribution < 1.29 is 124 Å². The summed E-state index contributed by atoms with van der Waals surface area (Å²) >= 11 is 0. The zero-order valence-electron chi connectivity index (χ0n) is 23.7. The van der Waals surface area contributed by atoms with Gasteiger partial charge >= 0.3 is 29.6 Å². The van der Waals surface area contributed by atoms with Crippen LogP contribution in [0.1, 0.15) is 13.3 Å². The third kappa shape index (κ3) is 9.53. The van der Waals surface area contributed by atoms with Crippen molar-refractivity contribution in [1.29, 1.82) is 0 Å². The molecule has 0 saturated carbocycles. The van der Waals surface area contributed by atoms with Crippen LogP contribution in [0.4, 0.5) is 0 Å². The topological polar surface area (TPSA) is 346 Å². The van der Waals surface area contributed by atoms with Crippen LogP contribution in [0.5, 0.6) is 0 Å². The fraction of sp³-hybridized carbons (Fsp3) is 0.870. The van der Waals surface area contributed by atoms with Crippen molar-refractivity contribution in [2.45, 2.75) is 105 Å². The first-order valence-electron chi connectivity index (χ1n) is 13.0. The summed E-state index contributed by atoms with van der Waals surface area (Å²) in [5.41, 5.74) is 0. The molecule has 0 radical (unpaired) electrons. The number of hydrogen-bond acceptors (Lipinski definition) is 19. The van der Waals surface area contributed by atoms with Crippen molar-refractivity contribution in [3.8, 4) is 0 Å². The summed E-state index contributed by atoms with van der Waals surface area (Å²) in [6.45, 7) is -2.16. The Morgan fingerprint density at radius 1 is 1.02 bits per heavy atom. The Kier molecular flexibility index (Phi) is 16.6. The van der Waals surface area contributed by atoms with Gasteiger partial charge in [0.25, 0.3) is 0 Å². The number of nitrogens with one attached hydrogen (secondary N) is 1. The summed E-state index contributed by atoms with van der Waals surface area (Å²) in [7, 11) is 0. The Balaban J connectivity index is 0.00000968. The van der Waals surface area contributed by atoms with Gasteiger partial charge in [-0.05, 0) is 0 Å². The fourth-order valence-corrected chi connectivity index (χ4v) is 4.58. The number of hydrogen-bond donors (Lipinski definition) is 12. The zero-order chi connectivity index (χ0) is 32.8. The van der Waals surface area contributed by atoms with Crippen LogP contribution in [0, 0.1) is 0 Å². The molecule has 2 heterocycles. The van der Waals surface area contributed by atoms with Crippen molar-refractivity contribution in [3.05, 3.63) is 0 Å². The molecule has 250 valence electrons. The Morgan fingerprint density at radius 3 is 2.11 bits per heavy atom. The molecule has 44 heavy (non-hydrogen) atoms. The molecule has 21 heteroatoms. The van der Waals surface area contributed by atoms with E-state index in [0.717, 1.165) is 6.92 Å². The number of ether oxygens (including phenoxy) is 4. The van der Waals surface area contributed by atoms with E-state index in [4.69, 9.17) is 18.9 Å². The van der Waals surface area contributed by atoms with Gasteiger partial charge in [-0.15, -0.1) is 0 Å². The molecule has 2 rings (SSSR count). The first-order valence-corrected chi connectivity index (χ1v) is 13.0. The van der Waals surface area contributed by atoms with Crippen molar-refractivity contribution in [2.24, 2.45) is 0 Å². The van der Waals surface area contributed by atoms with Crippen LogP contribution in [0.3, 0.4) is 0 Å². The van der Waals surface area contributed by atoms with E-state index in [1.54, 1.807) is 0 Å². The summed E-state index contributed by atoms with van der Waals surface area (Å²) in [4.78, 5) is 34.7. The monoisotopic (exact) mass is 655 g/mol. The number of amides is 1. The van der Waals surface area contributed by atoms with E-state index in [9.17, 15) is 75.7 Å². The maximum atomic E-state index is 12.2. The zero-order valence-corrected chi connectivity index (χ0v) is 25.7. The number of carbonyl (C=O) groups is 3. The number of carboxylic acid groups (broad SMARTS) is 1. The molecule has 2 aliphatic heterocycles. The predicted molar refractivity (Wildman–Crippen MR) is 129 cm³/mol. The first-order chi connectivity index (χ1) is 20.0. The molecule has 0 bridgehead atoms. The number of aliphatic hydroxyl groups excluding tert-OH is 11. The SMILES string of the molecule is CC(=O)N[C@H]1[C@H]([C@H](O)[C@H](O)CO)O[C@@](OC[C@H]2O[C@@H](O[C@@H]([C@H](O)[C@@H](O)C=O)[C@H](O)CO)[C@H](O)[C@@H](O)[C@H]2O)(C(=O)[O-])C[C@@H]1O.[Na+]. The van der Waals surface area contributed by atoms with Crippen LogP contribution in [-0.2, 0) is 33.3 Å². The first kappa shape index (κ1) is 41.0. The minimum atomic E-state index is -2.98. The molecule has 2 saturated heterocycles. The summed E-state index contributed by atoms with van der Waals surface area (Å²) in [6, 6.07) is -1.53. The van der Waals surface area contributed by atoms with Crippen LogP contribution >= 0.6 is 0 Å². The van der Waals surface area contributed by atoms with Gasteiger partial charge in [0.1, 0.15) is 73.1 Å². The second-order valence-corrected chi connectivity index (χ2v) is 10.2. The number of aliphatic carboxylic acids is 1. The van der Waals surface area contributed by atoms with Gasteiger partial charge in [0.15, 0.2) is 12.6 Å². The standard InChI is InChI=1S/C23H39NO19.Na/c1-7(28)24-13-8(29)2-23(22(38)39,43-20(13)15(34)10(31)4-26)40-6-12-16(35)17(36)18(37)21(41-12)42-19(11(32)5-27)14(33)9(30)3-25;/h3,8-21,26-27,29-37H,2,4-6H2,1H3,(H,24,28)(H,38,39);/q;+1/p-1/t8-,9-,10+,11+,12+,13+,14+,15+,16-,17-,18+,19+,20+,21-,23+;/m0./s1. The normalized spacial score (nSPS) is 36.5. The average Bonchev–Trinajstić information content (AvgIpc) is 2.97. The van der Waals surface area contributed by atoms with Crippen molar-refractivity contribution >= 4 is 18.2 Å². The van der Waals surface area contributed by atoms with Crippen LogP contribution < -0.4 is 40.0 Å². The number of carbonyl (C=O) groups excluding carboxylic acids is 3. The third-order valence-electron chi connectivity index (χ3n) is 7.00. The van der Waals surface area contributed by atoms with E-state index < -0.39 is 129 Å². The molecule has 2 aliphatic rings. The number of aliphatic hydroxyl groups is 11. The molecule has 0 aliphatic carbocycles. The van der Waals surface area contributed by atoms with Gasteiger partial charge < -0.3 is 95.1 Å². The molecule has 20 nitrogen and oxygen atoms in total. The third-order valence-corrected chi connectivity index (χ3v) is 7.00. The van der Waals surface area contributed by atoms with Crippen LogP contribution in [0.2, 0.25) is 0 Å². The minimum absolute atomic E-state index is 0. The van der Waals surface area contributed by atoms with Crippen molar-refractivity contribution in [1.82, 2.24) is 5.32 Å². The number of rotatable bonds is 15.